The minimum atomic E-state index is -0.608. The molecule has 0 radical (unpaired) electrons. The Balaban J connectivity index is 2.20. The zero-order valence-electron chi connectivity index (χ0n) is 9.17. The van der Waals surface area contributed by atoms with Gasteiger partial charge in [0.2, 0.25) is 5.91 Å². The van der Waals surface area contributed by atoms with E-state index < -0.39 is 6.04 Å². The van der Waals surface area contributed by atoms with Crippen molar-refractivity contribution in [1.82, 2.24) is 9.88 Å². The summed E-state index contributed by atoms with van der Waals surface area (Å²) in [4.78, 5) is 27.9. The highest BCUT2D eigenvalue weighted by atomic mass is 16.2. The van der Waals surface area contributed by atoms with Gasteiger partial charge in [0.05, 0.1) is 23.9 Å². The highest BCUT2D eigenvalue weighted by molar-refractivity contribution is 6.06. The predicted molar refractivity (Wildman–Crippen MR) is 58.8 cm³/mol. The molecule has 2 rings (SSSR count). The van der Waals surface area contributed by atoms with Crippen molar-refractivity contribution >= 4 is 17.5 Å². The topological polar surface area (TPSA) is 86.1 Å². The van der Waals surface area contributed by atoms with Crippen LogP contribution in [0.1, 0.15) is 12.0 Å². The van der Waals surface area contributed by atoms with E-state index in [0.29, 0.717) is 11.3 Å². The molecule has 86 valence electrons. The number of rotatable bonds is 2. The van der Waals surface area contributed by atoms with E-state index in [4.69, 9.17) is 5.26 Å². The molecule has 0 aliphatic carbocycles. The van der Waals surface area contributed by atoms with Crippen molar-refractivity contribution in [2.45, 2.75) is 12.5 Å². The smallest absolute Gasteiger partial charge is 0.251 e. The molecular weight excluding hydrogens is 220 g/mol. The summed E-state index contributed by atoms with van der Waals surface area (Å²) < 4.78 is 0. The van der Waals surface area contributed by atoms with Crippen LogP contribution in [0, 0.1) is 11.3 Å². The summed E-state index contributed by atoms with van der Waals surface area (Å²) in [6, 6.07) is 2.94. The summed E-state index contributed by atoms with van der Waals surface area (Å²) in [5, 5.41) is 11.8. The van der Waals surface area contributed by atoms with E-state index in [1.165, 1.54) is 19.4 Å². The van der Waals surface area contributed by atoms with Gasteiger partial charge < -0.3 is 5.32 Å². The lowest BCUT2D eigenvalue weighted by molar-refractivity contribution is -0.136. The van der Waals surface area contributed by atoms with E-state index in [1.54, 1.807) is 6.07 Å². The highest BCUT2D eigenvalue weighted by Gasteiger charge is 2.36. The largest absolute Gasteiger partial charge is 0.371 e. The van der Waals surface area contributed by atoms with E-state index in [9.17, 15) is 9.59 Å². The minimum Gasteiger partial charge on any atom is -0.371 e. The molecule has 17 heavy (non-hydrogen) atoms. The third-order valence-corrected chi connectivity index (χ3v) is 2.65. The first-order valence-corrected chi connectivity index (χ1v) is 5.04. The van der Waals surface area contributed by atoms with Gasteiger partial charge in [-0.2, -0.15) is 5.26 Å². The van der Waals surface area contributed by atoms with E-state index in [0.717, 1.165) is 4.90 Å². The monoisotopic (exact) mass is 230 g/mol. The molecule has 1 unspecified atom stereocenters. The molecule has 1 N–H and O–H groups in total. The van der Waals surface area contributed by atoms with Crippen LogP contribution in [0.15, 0.2) is 18.5 Å². The van der Waals surface area contributed by atoms with Gasteiger partial charge in [0.25, 0.3) is 5.91 Å². The fourth-order valence-corrected chi connectivity index (χ4v) is 1.66. The number of anilines is 1. The van der Waals surface area contributed by atoms with Crippen molar-refractivity contribution in [2.75, 3.05) is 12.4 Å². The molecular formula is C11H10N4O2. The average Bonchev–Trinajstić information content (AvgIpc) is 2.58. The number of hydrogen-bond donors (Lipinski definition) is 1. The Bertz CT molecular complexity index is 520. The molecule has 0 aromatic carbocycles. The van der Waals surface area contributed by atoms with Crippen molar-refractivity contribution < 1.29 is 9.59 Å². The summed E-state index contributed by atoms with van der Waals surface area (Å²) in [5.41, 5.74) is 0.867. The fourth-order valence-electron chi connectivity index (χ4n) is 1.66. The molecule has 1 saturated heterocycles. The number of amides is 2. The van der Waals surface area contributed by atoms with Crippen LogP contribution in [-0.4, -0.2) is 34.8 Å². The lowest BCUT2D eigenvalue weighted by atomic mass is 10.2. The maximum Gasteiger partial charge on any atom is 0.251 e. The van der Waals surface area contributed by atoms with Crippen molar-refractivity contribution in [2.24, 2.45) is 0 Å². The van der Waals surface area contributed by atoms with Crippen LogP contribution in [0.4, 0.5) is 5.69 Å². The maximum absolute atomic E-state index is 11.7. The normalized spacial score (nSPS) is 19.3. The zero-order valence-corrected chi connectivity index (χ0v) is 9.17. The van der Waals surface area contributed by atoms with Crippen molar-refractivity contribution in [3.8, 4) is 6.07 Å². The molecule has 6 heteroatoms. The molecule has 2 amide bonds. The number of likely N-dealkylation sites (N-methyl/N-ethyl adjacent to an activating group) is 1. The first-order valence-electron chi connectivity index (χ1n) is 5.04. The third-order valence-electron chi connectivity index (χ3n) is 2.65. The number of imide groups is 1. The van der Waals surface area contributed by atoms with Crippen molar-refractivity contribution in [1.29, 1.82) is 5.26 Å². The Labute approximate surface area is 97.9 Å². The zero-order chi connectivity index (χ0) is 12.4. The Morgan fingerprint density at radius 2 is 2.35 bits per heavy atom. The number of nitrogens with one attached hydrogen (secondary N) is 1. The Kier molecular flexibility index (Phi) is 2.75. The summed E-state index contributed by atoms with van der Waals surface area (Å²) in [6.07, 6.45) is 3.07. The molecule has 2 heterocycles. The second-order valence-electron chi connectivity index (χ2n) is 3.73. The standard InChI is InChI=1S/C11H10N4O2/c1-15-10(16)4-8(11(15)17)14-9-6-13-3-2-7(9)5-12/h2-3,6,8,14H,4H2,1H3. The van der Waals surface area contributed by atoms with Gasteiger partial charge in [-0.15, -0.1) is 0 Å². The number of carbonyl (C=O) groups excluding carboxylic acids is 2. The Morgan fingerprint density at radius 1 is 1.59 bits per heavy atom. The first-order chi connectivity index (χ1) is 8.13. The third kappa shape index (κ3) is 1.95. The molecule has 1 aromatic heterocycles. The first kappa shape index (κ1) is 11.1. The average molecular weight is 230 g/mol. The quantitative estimate of drug-likeness (QED) is 0.729. The summed E-state index contributed by atoms with van der Waals surface area (Å²) in [6.45, 7) is 0. The van der Waals surface area contributed by atoms with Gasteiger partial charge in [0.15, 0.2) is 0 Å². The van der Waals surface area contributed by atoms with Gasteiger partial charge in [-0.25, -0.2) is 0 Å². The number of hydrogen-bond acceptors (Lipinski definition) is 5. The fraction of sp³-hybridized carbons (Fsp3) is 0.273. The lowest BCUT2D eigenvalue weighted by Crippen LogP contribution is -2.32. The minimum absolute atomic E-state index is 0.106. The Morgan fingerprint density at radius 3 is 2.94 bits per heavy atom. The van der Waals surface area contributed by atoms with E-state index in [-0.39, 0.29) is 18.2 Å². The predicted octanol–water partition coefficient (Wildman–Crippen LogP) is 0.122. The van der Waals surface area contributed by atoms with Gasteiger partial charge in [-0.1, -0.05) is 0 Å². The van der Waals surface area contributed by atoms with Gasteiger partial charge in [0, 0.05) is 13.2 Å². The molecule has 1 aliphatic heterocycles. The maximum atomic E-state index is 11.7. The van der Waals surface area contributed by atoms with Crippen LogP contribution in [0.2, 0.25) is 0 Å². The molecule has 1 aliphatic rings. The number of likely N-dealkylation sites (tertiary alicyclic amines) is 1. The van der Waals surface area contributed by atoms with Gasteiger partial charge >= 0.3 is 0 Å². The van der Waals surface area contributed by atoms with E-state index >= 15 is 0 Å². The van der Waals surface area contributed by atoms with Gasteiger partial charge in [-0.3, -0.25) is 19.5 Å². The lowest BCUT2D eigenvalue weighted by Gasteiger charge is -2.12. The van der Waals surface area contributed by atoms with Gasteiger partial charge in [0.1, 0.15) is 12.1 Å². The highest BCUT2D eigenvalue weighted by Crippen LogP contribution is 2.19. The van der Waals surface area contributed by atoms with Crippen LogP contribution in [0.5, 0.6) is 0 Å². The molecule has 1 atom stereocenters. The molecule has 6 nitrogen and oxygen atoms in total. The number of nitrogens with zero attached hydrogens (tertiary/aromatic N) is 3. The Hall–Kier alpha value is -2.42. The summed E-state index contributed by atoms with van der Waals surface area (Å²) >= 11 is 0. The molecule has 1 aromatic rings. The van der Waals surface area contributed by atoms with Crippen LogP contribution in [0.25, 0.3) is 0 Å². The van der Waals surface area contributed by atoms with Crippen molar-refractivity contribution in [3.05, 3.63) is 24.0 Å². The second-order valence-corrected chi connectivity index (χ2v) is 3.73. The SMILES string of the molecule is CN1C(=O)CC(Nc2cnccc2C#N)C1=O. The second kappa shape index (κ2) is 4.22. The van der Waals surface area contributed by atoms with Crippen LogP contribution in [0.3, 0.4) is 0 Å². The molecule has 1 fully saturated rings. The molecule has 0 saturated carbocycles. The van der Waals surface area contributed by atoms with E-state index in [1.807, 2.05) is 6.07 Å². The van der Waals surface area contributed by atoms with Crippen molar-refractivity contribution in [3.63, 3.8) is 0 Å². The van der Waals surface area contributed by atoms with Crippen LogP contribution < -0.4 is 5.32 Å². The van der Waals surface area contributed by atoms with Crippen LogP contribution in [-0.2, 0) is 9.59 Å². The molecule has 0 spiro atoms. The molecule has 0 bridgehead atoms. The van der Waals surface area contributed by atoms with Crippen LogP contribution >= 0.6 is 0 Å². The number of carbonyl (C=O) groups is 2. The number of aromatic nitrogens is 1. The number of nitriles is 1. The summed E-state index contributed by atoms with van der Waals surface area (Å²) in [7, 11) is 1.45. The van der Waals surface area contributed by atoms with Gasteiger partial charge in [-0.05, 0) is 6.07 Å². The van der Waals surface area contributed by atoms with E-state index in [2.05, 4.69) is 10.3 Å². The summed E-state index contributed by atoms with van der Waals surface area (Å²) in [5.74, 6) is -0.516. The number of pyridine rings is 1.